The van der Waals surface area contributed by atoms with Crippen LogP contribution in [0.4, 0.5) is 0 Å². The van der Waals surface area contributed by atoms with E-state index < -0.39 is 23.9 Å². The fourth-order valence-electron chi connectivity index (χ4n) is 5.30. The smallest absolute Gasteiger partial charge is 0.387 e. The molecular weight excluding hydrogens is 652 g/mol. The molecule has 0 spiro atoms. The van der Waals surface area contributed by atoms with Gasteiger partial charge in [-0.05, 0) is 90.4 Å². The van der Waals surface area contributed by atoms with Crippen molar-refractivity contribution in [2.24, 2.45) is 0 Å². The van der Waals surface area contributed by atoms with Crippen LogP contribution in [0, 0.1) is 0 Å². The van der Waals surface area contributed by atoms with Crippen LogP contribution >= 0.6 is 0 Å². The zero-order chi connectivity index (χ0) is 36.6. The second-order valence-corrected chi connectivity index (χ2v) is 11.2. The summed E-state index contributed by atoms with van der Waals surface area (Å²) in [6.07, 6.45) is 3.77. The molecule has 51 heavy (non-hydrogen) atoms. The number of rotatable bonds is 14. The monoisotopic (exact) mass is 690 g/mol. The Morgan fingerprint density at radius 3 is 1.51 bits per heavy atom. The first kappa shape index (κ1) is 37.4. The highest BCUT2D eigenvalue weighted by molar-refractivity contribution is 6.04. The van der Waals surface area contributed by atoms with Gasteiger partial charge in [0, 0.05) is 0 Å². The maximum absolute atomic E-state index is 13.5. The molecule has 0 fully saturated rings. The lowest BCUT2D eigenvalue weighted by molar-refractivity contribution is -0.152. The van der Waals surface area contributed by atoms with Crippen molar-refractivity contribution in [1.29, 1.82) is 0 Å². The minimum atomic E-state index is -1.23. The molecule has 262 valence electrons. The van der Waals surface area contributed by atoms with Crippen LogP contribution in [0.15, 0.2) is 121 Å². The minimum Gasteiger partial charge on any atom is -0.478 e. The predicted octanol–water partition coefficient (Wildman–Crippen LogP) is 8.57. The summed E-state index contributed by atoms with van der Waals surface area (Å²) < 4.78 is 0. The summed E-state index contributed by atoms with van der Waals surface area (Å²) in [5.74, 6) is -3.29. The number of carbonyl (C=O) groups excluding carboxylic acids is 2. The van der Waals surface area contributed by atoms with Gasteiger partial charge in [-0.2, -0.15) is 0 Å². The standard InChI is InChI=1S/C33H32O6.C8H6O4/c1-3-5-17-25-23-30(32(34)38-36-26-18-11-7-12-19-26)31(33(35)39-37-27-20-13-8-14-21-27)28(4-2)29(25)22-24-15-9-6-10-16-24;9-7(10)5-3-1-2-4-6(5)8(11)12/h6-16,18-21,23H,3-5,17,22H2,1-2H3;1-4H,(H,9,10)(H,11,12). The molecule has 0 aliphatic heterocycles. The van der Waals surface area contributed by atoms with E-state index in [1.165, 1.54) is 24.3 Å². The Morgan fingerprint density at radius 2 is 1.04 bits per heavy atom. The Kier molecular flexibility index (Phi) is 13.9. The molecule has 0 aromatic heterocycles. The third-order valence-corrected chi connectivity index (χ3v) is 7.74. The lowest BCUT2D eigenvalue weighted by Crippen LogP contribution is -2.21. The van der Waals surface area contributed by atoms with Gasteiger partial charge in [-0.25, -0.2) is 29.0 Å². The number of aromatic carboxylic acids is 2. The van der Waals surface area contributed by atoms with Gasteiger partial charge < -0.3 is 10.2 Å². The number of hydrogen-bond acceptors (Lipinski definition) is 8. The van der Waals surface area contributed by atoms with Crippen LogP contribution < -0.4 is 9.78 Å². The zero-order valence-electron chi connectivity index (χ0n) is 28.2. The van der Waals surface area contributed by atoms with Gasteiger partial charge in [0.2, 0.25) is 0 Å². The molecule has 5 aromatic carbocycles. The van der Waals surface area contributed by atoms with Crippen LogP contribution in [0.2, 0.25) is 0 Å². The molecule has 10 nitrogen and oxygen atoms in total. The number of aryl methyl sites for hydroxylation is 1. The van der Waals surface area contributed by atoms with Crippen molar-refractivity contribution in [3.05, 3.63) is 166 Å². The molecule has 0 radical (unpaired) electrons. The number of carboxylic acids is 2. The average Bonchev–Trinajstić information content (AvgIpc) is 3.16. The Hall–Kier alpha value is -6.42. The summed E-state index contributed by atoms with van der Waals surface area (Å²) in [5.41, 5.74) is 3.63. The van der Waals surface area contributed by atoms with E-state index in [4.69, 9.17) is 29.8 Å². The lowest BCUT2D eigenvalue weighted by Gasteiger charge is -2.20. The van der Waals surface area contributed by atoms with Gasteiger partial charge in [-0.1, -0.05) is 99.1 Å². The highest BCUT2D eigenvalue weighted by Crippen LogP contribution is 2.30. The Labute approximate surface area is 295 Å². The molecule has 0 unspecified atom stereocenters. The molecule has 0 saturated carbocycles. The minimum absolute atomic E-state index is 0.0763. The van der Waals surface area contributed by atoms with Crippen LogP contribution in [0.25, 0.3) is 0 Å². The molecule has 0 heterocycles. The largest absolute Gasteiger partial charge is 0.478 e. The van der Waals surface area contributed by atoms with Crippen molar-refractivity contribution in [3.8, 4) is 11.5 Å². The normalized spacial score (nSPS) is 10.2. The van der Waals surface area contributed by atoms with Gasteiger partial charge in [0.25, 0.3) is 0 Å². The summed E-state index contributed by atoms with van der Waals surface area (Å²) in [6, 6.07) is 34.7. The maximum Gasteiger partial charge on any atom is 0.387 e. The first-order valence-corrected chi connectivity index (χ1v) is 16.4. The van der Waals surface area contributed by atoms with Gasteiger partial charge in [0.15, 0.2) is 11.5 Å². The summed E-state index contributed by atoms with van der Waals surface area (Å²) in [5, 5.41) is 17.1. The van der Waals surface area contributed by atoms with E-state index in [-0.39, 0.29) is 22.3 Å². The highest BCUT2D eigenvalue weighted by Gasteiger charge is 2.29. The Morgan fingerprint density at radius 1 is 0.569 bits per heavy atom. The second kappa shape index (κ2) is 18.9. The molecule has 0 saturated heterocycles. The predicted molar refractivity (Wildman–Crippen MR) is 189 cm³/mol. The van der Waals surface area contributed by atoms with Gasteiger partial charge in [-0.3, -0.25) is 9.78 Å². The number of benzene rings is 5. The van der Waals surface area contributed by atoms with Gasteiger partial charge in [0.05, 0.1) is 22.3 Å². The zero-order valence-corrected chi connectivity index (χ0v) is 28.2. The Balaban J connectivity index is 0.000000411. The summed E-state index contributed by atoms with van der Waals surface area (Å²) in [6.45, 7) is 4.07. The average molecular weight is 691 g/mol. The summed E-state index contributed by atoms with van der Waals surface area (Å²) in [7, 11) is 0. The van der Waals surface area contributed by atoms with Crippen molar-refractivity contribution in [2.75, 3.05) is 0 Å². The van der Waals surface area contributed by atoms with Crippen molar-refractivity contribution in [3.63, 3.8) is 0 Å². The summed E-state index contributed by atoms with van der Waals surface area (Å²) >= 11 is 0. The van der Waals surface area contributed by atoms with E-state index in [0.717, 1.165) is 41.5 Å². The molecule has 5 aromatic rings. The molecule has 2 N–H and O–H groups in total. The van der Waals surface area contributed by atoms with E-state index in [9.17, 15) is 19.2 Å². The van der Waals surface area contributed by atoms with E-state index in [1.54, 1.807) is 54.6 Å². The molecule has 5 rings (SSSR count). The van der Waals surface area contributed by atoms with Crippen LogP contribution in [-0.4, -0.2) is 34.1 Å². The quantitative estimate of drug-likeness (QED) is 0.0858. The number of unbranched alkanes of at least 4 members (excludes halogenated alkanes) is 1. The molecule has 0 atom stereocenters. The lowest BCUT2D eigenvalue weighted by atomic mass is 9.85. The van der Waals surface area contributed by atoms with Gasteiger partial charge in [-0.15, -0.1) is 0 Å². The van der Waals surface area contributed by atoms with E-state index in [2.05, 4.69) is 19.1 Å². The maximum atomic E-state index is 13.5. The van der Waals surface area contributed by atoms with Crippen molar-refractivity contribution < 1.29 is 48.9 Å². The van der Waals surface area contributed by atoms with Crippen LogP contribution in [-0.2, 0) is 29.0 Å². The molecule has 0 bridgehead atoms. The molecule has 0 aliphatic rings. The number of carboxylic acid groups (broad SMARTS) is 2. The number of carbonyl (C=O) groups is 4. The van der Waals surface area contributed by atoms with Crippen molar-refractivity contribution >= 4 is 23.9 Å². The van der Waals surface area contributed by atoms with Crippen LogP contribution in [0.3, 0.4) is 0 Å². The SMILES string of the molecule is CCCCc1cc(C(=O)OOc2ccccc2)c(C(=O)OOc2ccccc2)c(CC)c1Cc1ccccc1.O=C(O)c1ccccc1C(=O)O. The second-order valence-electron chi connectivity index (χ2n) is 11.2. The summed E-state index contributed by atoms with van der Waals surface area (Å²) in [4.78, 5) is 68.9. The topological polar surface area (TPSA) is 146 Å². The van der Waals surface area contributed by atoms with Crippen LogP contribution in [0.5, 0.6) is 11.5 Å². The number of para-hydroxylation sites is 2. The fourth-order valence-corrected chi connectivity index (χ4v) is 5.30. The van der Waals surface area contributed by atoms with Gasteiger partial charge in [0.1, 0.15) is 0 Å². The van der Waals surface area contributed by atoms with E-state index in [1.807, 2.05) is 37.3 Å². The molecule has 0 amide bonds. The third-order valence-electron chi connectivity index (χ3n) is 7.74. The van der Waals surface area contributed by atoms with Crippen molar-refractivity contribution in [1.82, 2.24) is 0 Å². The van der Waals surface area contributed by atoms with Gasteiger partial charge >= 0.3 is 23.9 Å². The third kappa shape index (κ3) is 10.5. The first-order chi connectivity index (χ1) is 24.7. The Bertz CT molecular complexity index is 1890. The molecule has 0 aliphatic carbocycles. The first-order valence-electron chi connectivity index (χ1n) is 16.4. The van der Waals surface area contributed by atoms with Crippen LogP contribution in [0.1, 0.15) is 90.4 Å². The van der Waals surface area contributed by atoms with Crippen molar-refractivity contribution in [2.45, 2.75) is 46.0 Å². The molecular formula is C41H38O10. The molecule has 10 heteroatoms. The van der Waals surface area contributed by atoms with E-state index >= 15 is 0 Å². The number of hydrogen-bond donors (Lipinski definition) is 2. The fraction of sp³-hybridized carbons (Fsp3) is 0.171. The van der Waals surface area contributed by atoms with E-state index in [0.29, 0.717) is 24.3 Å². The highest BCUT2D eigenvalue weighted by atomic mass is 17.2.